The zero-order valence-electron chi connectivity index (χ0n) is 9.77. The van der Waals surface area contributed by atoms with Crippen LogP contribution in [0.4, 0.5) is 5.82 Å². The summed E-state index contributed by atoms with van der Waals surface area (Å²) in [7, 11) is 3.62. The Morgan fingerprint density at radius 1 is 1.62 bits per heavy atom. The summed E-state index contributed by atoms with van der Waals surface area (Å²) >= 11 is 3.34. The number of hydrogen-bond acceptors (Lipinski definition) is 4. The van der Waals surface area contributed by atoms with Gasteiger partial charge < -0.3 is 14.7 Å². The third kappa shape index (κ3) is 3.17. The summed E-state index contributed by atoms with van der Waals surface area (Å²) in [6, 6.07) is 2.09. The second-order valence-corrected chi connectivity index (χ2v) is 4.63. The van der Waals surface area contributed by atoms with Gasteiger partial charge in [0.05, 0.1) is 19.3 Å². The maximum absolute atomic E-state index is 9.28. The second-order valence-electron chi connectivity index (χ2n) is 3.71. The van der Waals surface area contributed by atoms with Gasteiger partial charge in [-0.3, -0.25) is 0 Å². The highest BCUT2D eigenvalue weighted by Crippen LogP contribution is 2.22. The van der Waals surface area contributed by atoms with E-state index in [1.807, 2.05) is 24.9 Å². The van der Waals surface area contributed by atoms with Crippen molar-refractivity contribution in [2.45, 2.75) is 19.6 Å². The molecule has 1 heterocycles. The van der Waals surface area contributed by atoms with Gasteiger partial charge in [-0.25, -0.2) is 4.98 Å². The van der Waals surface area contributed by atoms with E-state index in [4.69, 9.17) is 4.74 Å². The first-order valence-electron chi connectivity index (χ1n) is 5.07. The van der Waals surface area contributed by atoms with Crippen molar-refractivity contribution in [3.8, 4) is 0 Å². The minimum Gasteiger partial charge on any atom is -0.392 e. The fourth-order valence-electron chi connectivity index (χ4n) is 1.47. The summed E-state index contributed by atoms with van der Waals surface area (Å²) in [5.74, 6) is 0.787. The fourth-order valence-corrected chi connectivity index (χ4v) is 1.85. The lowest BCUT2D eigenvalue weighted by atomic mass is 10.2. The van der Waals surface area contributed by atoms with Crippen LogP contribution in [0.25, 0.3) is 0 Å². The summed E-state index contributed by atoms with van der Waals surface area (Å²) < 4.78 is 5.97. The number of nitrogens with zero attached hydrogens (tertiary/aromatic N) is 2. The van der Waals surface area contributed by atoms with Crippen LogP contribution >= 0.6 is 15.9 Å². The van der Waals surface area contributed by atoms with E-state index in [-0.39, 0.29) is 12.6 Å². The molecule has 0 amide bonds. The molecule has 0 saturated carbocycles. The van der Waals surface area contributed by atoms with Crippen LogP contribution in [-0.2, 0) is 11.3 Å². The number of aromatic nitrogens is 1. The van der Waals surface area contributed by atoms with Gasteiger partial charge in [-0.15, -0.1) is 0 Å². The third-order valence-electron chi connectivity index (χ3n) is 2.48. The molecule has 1 atom stereocenters. The first-order valence-corrected chi connectivity index (χ1v) is 5.86. The number of rotatable bonds is 5. The molecule has 90 valence electrons. The van der Waals surface area contributed by atoms with E-state index in [2.05, 4.69) is 20.9 Å². The van der Waals surface area contributed by atoms with E-state index in [1.165, 1.54) is 0 Å². The van der Waals surface area contributed by atoms with Crippen LogP contribution in [0.1, 0.15) is 12.5 Å². The Hall–Kier alpha value is -0.650. The van der Waals surface area contributed by atoms with Crippen molar-refractivity contribution in [2.75, 3.05) is 25.7 Å². The van der Waals surface area contributed by atoms with Gasteiger partial charge in [0.2, 0.25) is 0 Å². The topological polar surface area (TPSA) is 45.6 Å². The quantitative estimate of drug-likeness (QED) is 0.898. The monoisotopic (exact) mass is 288 g/mol. The van der Waals surface area contributed by atoms with Gasteiger partial charge in [-0.05, 0) is 28.9 Å². The van der Waals surface area contributed by atoms with Gasteiger partial charge >= 0.3 is 0 Å². The zero-order valence-corrected chi connectivity index (χ0v) is 11.4. The van der Waals surface area contributed by atoms with Gasteiger partial charge in [0, 0.05) is 30.4 Å². The lowest BCUT2D eigenvalue weighted by Crippen LogP contribution is -2.34. The fraction of sp³-hybridized carbons (Fsp3) is 0.545. The summed E-state index contributed by atoms with van der Waals surface area (Å²) in [5.41, 5.74) is 0.805. The molecule has 1 N–H and O–H groups in total. The molecule has 5 heteroatoms. The highest BCUT2D eigenvalue weighted by Gasteiger charge is 2.14. The molecular formula is C11H17BrN2O2. The number of aliphatic hydroxyl groups is 1. The van der Waals surface area contributed by atoms with Gasteiger partial charge in [0.25, 0.3) is 0 Å². The Labute approximate surface area is 104 Å². The molecule has 0 fully saturated rings. The van der Waals surface area contributed by atoms with E-state index < -0.39 is 0 Å². The molecule has 1 aromatic rings. The van der Waals surface area contributed by atoms with E-state index in [0.717, 1.165) is 15.9 Å². The van der Waals surface area contributed by atoms with Gasteiger partial charge in [-0.2, -0.15) is 0 Å². The highest BCUT2D eigenvalue weighted by atomic mass is 79.9. The molecule has 1 rings (SSSR count). The van der Waals surface area contributed by atoms with E-state index in [1.54, 1.807) is 13.3 Å². The number of likely N-dealkylation sites (N-methyl/N-ethyl adjacent to an activating group) is 1. The summed E-state index contributed by atoms with van der Waals surface area (Å²) in [4.78, 5) is 6.32. The van der Waals surface area contributed by atoms with Crippen molar-refractivity contribution in [2.24, 2.45) is 0 Å². The SMILES string of the molecule is COCC(C)N(C)c1ncc(Br)cc1CO. The molecule has 0 spiro atoms. The summed E-state index contributed by atoms with van der Waals surface area (Å²) in [6.45, 7) is 2.65. The molecule has 1 unspecified atom stereocenters. The van der Waals surface area contributed by atoms with Gasteiger partial charge in [-0.1, -0.05) is 0 Å². The number of aliphatic hydroxyl groups excluding tert-OH is 1. The minimum absolute atomic E-state index is 0.0220. The van der Waals surface area contributed by atoms with Crippen LogP contribution in [0.5, 0.6) is 0 Å². The lowest BCUT2D eigenvalue weighted by Gasteiger charge is -2.27. The Morgan fingerprint density at radius 2 is 2.31 bits per heavy atom. The van der Waals surface area contributed by atoms with Crippen LogP contribution in [0.15, 0.2) is 16.7 Å². The van der Waals surface area contributed by atoms with E-state index in [0.29, 0.717) is 6.61 Å². The zero-order chi connectivity index (χ0) is 12.1. The predicted molar refractivity (Wildman–Crippen MR) is 67.6 cm³/mol. The van der Waals surface area contributed by atoms with Crippen molar-refractivity contribution in [1.82, 2.24) is 4.98 Å². The molecule has 0 aromatic carbocycles. The lowest BCUT2D eigenvalue weighted by molar-refractivity contribution is 0.183. The number of anilines is 1. The summed E-state index contributed by atoms with van der Waals surface area (Å²) in [6.07, 6.45) is 1.73. The molecule has 0 bridgehead atoms. The highest BCUT2D eigenvalue weighted by molar-refractivity contribution is 9.10. The molecule has 4 nitrogen and oxygen atoms in total. The molecule has 0 aliphatic carbocycles. The first kappa shape index (κ1) is 13.4. The van der Waals surface area contributed by atoms with Crippen LogP contribution in [0, 0.1) is 0 Å². The van der Waals surface area contributed by atoms with Crippen LogP contribution in [0.2, 0.25) is 0 Å². The maximum Gasteiger partial charge on any atom is 0.134 e. The standard InChI is InChI=1S/C11H17BrN2O2/c1-8(7-16-3)14(2)11-9(6-15)4-10(12)5-13-11/h4-5,8,15H,6-7H2,1-3H3. The van der Waals surface area contributed by atoms with Crippen molar-refractivity contribution in [3.63, 3.8) is 0 Å². The van der Waals surface area contributed by atoms with Crippen LogP contribution in [-0.4, -0.2) is 36.9 Å². The molecular weight excluding hydrogens is 272 g/mol. The molecule has 0 radical (unpaired) electrons. The van der Waals surface area contributed by atoms with Crippen molar-refractivity contribution >= 4 is 21.7 Å². The first-order chi connectivity index (χ1) is 7.60. The molecule has 0 aliphatic rings. The smallest absolute Gasteiger partial charge is 0.134 e. The Balaban J connectivity index is 2.93. The molecule has 0 saturated heterocycles. The Morgan fingerprint density at radius 3 is 2.88 bits per heavy atom. The normalized spacial score (nSPS) is 12.6. The predicted octanol–water partition coefficient (Wildman–Crippen LogP) is 1.81. The second kappa shape index (κ2) is 6.18. The van der Waals surface area contributed by atoms with E-state index in [9.17, 15) is 5.11 Å². The van der Waals surface area contributed by atoms with Crippen molar-refractivity contribution < 1.29 is 9.84 Å². The average Bonchev–Trinajstić information content (AvgIpc) is 2.28. The third-order valence-corrected chi connectivity index (χ3v) is 2.92. The Bertz CT molecular complexity index is 347. The number of pyridine rings is 1. The van der Waals surface area contributed by atoms with Gasteiger partial charge in [0.1, 0.15) is 5.82 Å². The number of methoxy groups -OCH3 is 1. The number of halogens is 1. The largest absolute Gasteiger partial charge is 0.392 e. The summed E-state index contributed by atoms with van der Waals surface area (Å²) in [5, 5.41) is 9.28. The van der Waals surface area contributed by atoms with Crippen molar-refractivity contribution in [3.05, 3.63) is 22.3 Å². The number of ether oxygens (including phenoxy) is 1. The Kier molecular flexibility index (Phi) is 5.18. The molecule has 1 aromatic heterocycles. The van der Waals surface area contributed by atoms with Crippen molar-refractivity contribution in [1.29, 1.82) is 0 Å². The maximum atomic E-state index is 9.28. The van der Waals surface area contributed by atoms with E-state index >= 15 is 0 Å². The average molecular weight is 289 g/mol. The van der Waals surface area contributed by atoms with Crippen LogP contribution in [0.3, 0.4) is 0 Å². The van der Waals surface area contributed by atoms with Gasteiger partial charge in [0.15, 0.2) is 0 Å². The molecule has 0 aliphatic heterocycles. The van der Waals surface area contributed by atoms with Crippen LogP contribution < -0.4 is 4.90 Å². The molecule has 16 heavy (non-hydrogen) atoms. The minimum atomic E-state index is -0.0220. The number of hydrogen-bond donors (Lipinski definition) is 1.